The monoisotopic (exact) mass is 337 g/mol. The first-order chi connectivity index (χ1) is 12.3. The van der Waals surface area contributed by atoms with Crippen LogP contribution in [-0.4, -0.2) is 33.9 Å². The van der Waals surface area contributed by atoms with E-state index in [1.165, 1.54) is 16.7 Å². The van der Waals surface area contributed by atoms with Gasteiger partial charge in [-0.15, -0.1) is 5.10 Å². The summed E-state index contributed by atoms with van der Waals surface area (Å²) >= 11 is 0. The first-order valence-electron chi connectivity index (χ1n) is 8.17. The van der Waals surface area contributed by atoms with E-state index in [2.05, 4.69) is 39.0 Å². The maximum absolute atomic E-state index is 5.49. The third-order valence-corrected chi connectivity index (χ3v) is 4.32. The van der Waals surface area contributed by atoms with E-state index in [9.17, 15) is 0 Å². The lowest BCUT2D eigenvalue weighted by molar-refractivity contribution is 0.110. The number of rotatable bonds is 5. The molecular formula is C18H19N5O2. The van der Waals surface area contributed by atoms with Crippen molar-refractivity contribution in [2.75, 3.05) is 19.0 Å². The van der Waals surface area contributed by atoms with Crippen LogP contribution < -0.4 is 10.1 Å². The van der Waals surface area contributed by atoms with Crippen LogP contribution in [0.25, 0.3) is 5.69 Å². The third-order valence-electron chi connectivity index (χ3n) is 4.32. The summed E-state index contributed by atoms with van der Waals surface area (Å²) in [6, 6.07) is 12.4. The number of ether oxygens (including phenoxy) is 2. The molecule has 0 fully saturated rings. The largest absolute Gasteiger partial charge is 0.494 e. The van der Waals surface area contributed by atoms with Crippen molar-refractivity contribution in [2.45, 2.75) is 19.6 Å². The van der Waals surface area contributed by atoms with Gasteiger partial charge in [-0.3, -0.25) is 0 Å². The van der Waals surface area contributed by atoms with Crippen LogP contribution in [0.4, 0.5) is 5.69 Å². The number of aromatic nitrogens is 4. The average Bonchev–Trinajstić information content (AvgIpc) is 3.20. The fraction of sp³-hybridized carbons (Fsp3) is 0.278. The Morgan fingerprint density at radius 2 is 2.16 bits per heavy atom. The van der Waals surface area contributed by atoms with Crippen molar-refractivity contribution in [1.82, 2.24) is 20.2 Å². The molecular weight excluding hydrogens is 318 g/mol. The minimum Gasteiger partial charge on any atom is -0.494 e. The van der Waals surface area contributed by atoms with Gasteiger partial charge in [-0.2, -0.15) is 4.68 Å². The van der Waals surface area contributed by atoms with Gasteiger partial charge < -0.3 is 14.8 Å². The molecule has 128 valence electrons. The summed E-state index contributed by atoms with van der Waals surface area (Å²) < 4.78 is 12.5. The van der Waals surface area contributed by atoms with E-state index in [4.69, 9.17) is 9.47 Å². The lowest BCUT2D eigenvalue weighted by atomic mass is 10.0. The molecule has 0 aliphatic carbocycles. The molecule has 0 unspecified atom stereocenters. The van der Waals surface area contributed by atoms with Crippen molar-refractivity contribution in [1.29, 1.82) is 0 Å². The minimum atomic E-state index is 0.708. The van der Waals surface area contributed by atoms with Crippen molar-refractivity contribution in [2.24, 2.45) is 0 Å². The molecule has 4 rings (SSSR count). The van der Waals surface area contributed by atoms with Crippen molar-refractivity contribution >= 4 is 5.69 Å². The zero-order valence-electron chi connectivity index (χ0n) is 14.0. The van der Waals surface area contributed by atoms with Gasteiger partial charge in [-0.25, -0.2) is 0 Å². The summed E-state index contributed by atoms with van der Waals surface area (Å²) in [5.74, 6) is 0.708. The molecule has 2 aromatic carbocycles. The van der Waals surface area contributed by atoms with Crippen molar-refractivity contribution < 1.29 is 9.47 Å². The van der Waals surface area contributed by atoms with Crippen LogP contribution in [0.1, 0.15) is 16.7 Å². The van der Waals surface area contributed by atoms with Crippen LogP contribution in [-0.2, 0) is 24.3 Å². The van der Waals surface area contributed by atoms with Gasteiger partial charge in [0, 0.05) is 18.3 Å². The highest BCUT2D eigenvalue weighted by Gasteiger charge is 2.10. The highest BCUT2D eigenvalue weighted by atomic mass is 16.5. The molecule has 1 N–H and O–H groups in total. The van der Waals surface area contributed by atoms with Gasteiger partial charge in [0.1, 0.15) is 17.8 Å². The normalized spacial score (nSPS) is 13.3. The number of nitrogens with zero attached hydrogens (tertiary/aromatic N) is 4. The van der Waals surface area contributed by atoms with Crippen molar-refractivity contribution in [3.8, 4) is 11.4 Å². The first-order valence-corrected chi connectivity index (χ1v) is 8.17. The second kappa shape index (κ2) is 6.90. The predicted molar refractivity (Wildman–Crippen MR) is 92.8 cm³/mol. The summed E-state index contributed by atoms with van der Waals surface area (Å²) in [6.07, 6.45) is 2.53. The Hall–Kier alpha value is -2.93. The number of anilines is 1. The second-order valence-corrected chi connectivity index (χ2v) is 5.90. The molecule has 0 atom stereocenters. The molecule has 0 amide bonds. The molecule has 1 aromatic heterocycles. The molecule has 0 saturated heterocycles. The molecule has 1 aliphatic rings. The number of methoxy groups -OCH3 is 1. The fourth-order valence-electron chi connectivity index (χ4n) is 2.98. The zero-order valence-corrected chi connectivity index (χ0v) is 14.0. The molecule has 2 heterocycles. The topological polar surface area (TPSA) is 74.1 Å². The van der Waals surface area contributed by atoms with Crippen LogP contribution in [0.5, 0.6) is 5.75 Å². The predicted octanol–water partition coefficient (Wildman–Crippen LogP) is 2.36. The van der Waals surface area contributed by atoms with Crippen molar-refractivity contribution in [3.05, 3.63) is 59.4 Å². The molecule has 25 heavy (non-hydrogen) atoms. The van der Waals surface area contributed by atoms with E-state index >= 15 is 0 Å². The summed E-state index contributed by atoms with van der Waals surface area (Å²) in [4.78, 5) is 0. The van der Waals surface area contributed by atoms with Gasteiger partial charge in [0.25, 0.3) is 0 Å². The van der Waals surface area contributed by atoms with Crippen LogP contribution >= 0.6 is 0 Å². The Morgan fingerprint density at radius 1 is 1.20 bits per heavy atom. The maximum Gasteiger partial charge on any atom is 0.146 e. The van der Waals surface area contributed by atoms with Gasteiger partial charge in [0.15, 0.2) is 0 Å². The van der Waals surface area contributed by atoms with Gasteiger partial charge in [-0.1, -0.05) is 18.2 Å². The van der Waals surface area contributed by atoms with E-state index in [0.29, 0.717) is 5.75 Å². The van der Waals surface area contributed by atoms with Gasteiger partial charge in [-0.05, 0) is 45.7 Å². The highest BCUT2D eigenvalue weighted by molar-refractivity contribution is 5.57. The maximum atomic E-state index is 5.49. The van der Waals surface area contributed by atoms with Crippen LogP contribution in [0, 0.1) is 0 Å². The van der Waals surface area contributed by atoms with Crippen LogP contribution in [0.2, 0.25) is 0 Å². The minimum absolute atomic E-state index is 0.708. The van der Waals surface area contributed by atoms with E-state index in [1.807, 2.05) is 18.2 Å². The first kappa shape index (κ1) is 15.6. The van der Waals surface area contributed by atoms with E-state index < -0.39 is 0 Å². The molecule has 1 aliphatic heterocycles. The SMILES string of the molecule is COc1cc(NCc2ccc3c(c2)CCOC3)ccc1-n1cnnn1. The standard InChI is InChI=1S/C18H19N5O2/c1-24-18-9-16(4-5-17(18)23-12-20-21-22-23)19-10-13-2-3-15-11-25-7-6-14(15)8-13/h2-5,8-9,12,19H,6-7,10-11H2,1H3. The quantitative estimate of drug-likeness (QED) is 0.770. The van der Waals surface area contributed by atoms with Gasteiger partial charge in [0.2, 0.25) is 0 Å². The van der Waals surface area contributed by atoms with Gasteiger partial charge >= 0.3 is 0 Å². The summed E-state index contributed by atoms with van der Waals surface area (Å²) in [7, 11) is 1.64. The molecule has 7 nitrogen and oxygen atoms in total. The average molecular weight is 337 g/mol. The number of tetrazole rings is 1. The number of hydrogen-bond donors (Lipinski definition) is 1. The molecule has 0 bridgehead atoms. The molecule has 0 saturated carbocycles. The Morgan fingerprint density at radius 3 is 3.00 bits per heavy atom. The molecule has 0 radical (unpaired) electrons. The smallest absolute Gasteiger partial charge is 0.146 e. The van der Waals surface area contributed by atoms with E-state index in [1.54, 1.807) is 18.1 Å². The Kier molecular flexibility index (Phi) is 4.30. The number of nitrogens with one attached hydrogen (secondary N) is 1. The van der Waals surface area contributed by atoms with Crippen LogP contribution in [0.3, 0.4) is 0 Å². The second-order valence-electron chi connectivity index (χ2n) is 5.90. The number of benzene rings is 2. The Labute approximate surface area is 145 Å². The zero-order chi connectivity index (χ0) is 17.1. The Balaban J connectivity index is 1.49. The fourth-order valence-corrected chi connectivity index (χ4v) is 2.98. The lowest BCUT2D eigenvalue weighted by Crippen LogP contribution is -2.10. The molecule has 3 aromatic rings. The van der Waals surface area contributed by atoms with E-state index in [-0.39, 0.29) is 0 Å². The molecule has 0 spiro atoms. The van der Waals surface area contributed by atoms with Gasteiger partial charge in [0.05, 0.1) is 20.3 Å². The van der Waals surface area contributed by atoms with E-state index in [0.717, 1.165) is 37.6 Å². The third kappa shape index (κ3) is 3.32. The summed E-state index contributed by atoms with van der Waals surface area (Å²) in [6.45, 7) is 2.28. The highest BCUT2D eigenvalue weighted by Crippen LogP contribution is 2.26. The summed E-state index contributed by atoms with van der Waals surface area (Å²) in [5.41, 5.74) is 5.71. The lowest BCUT2D eigenvalue weighted by Gasteiger charge is -2.17. The number of fused-ring (bicyclic) bond motifs is 1. The summed E-state index contributed by atoms with van der Waals surface area (Å²) in [5, 5.41) is 14.7. The van der Waals surface area contributed by atoms with Crippen molar-refractivity contribution in [3.63, 3.8) is 0 Å². The van der Waals surface area contributed by atoms with Crippen LogP contribution in [0.15, 0.2) is 42.7 Å². The number of hydrogen-bond acceptors (Lipinski definition) is 6. The molecule has 7 heteroatoms. The Bertz CT molecular complexity index is 864.